The summed E-state index contributed by atoms with van der Waals surface area (Å²) in [5, 5.41) is 19.6. The van der Waals surface area contributed by atoms with Crippen molar-refractivity contribution in [2.24, 2.45) is 0 Å². The van der Waals surface area contributed by atoms with Crippen molar-refractivity contribution in [3.63, 3.8) is 0 Å². The van der Waals surface area contributed by atoms with Crippen molar-refractivity contribution in [1.29, 1.82) is 0 Å². The van der Waals surface area contributed by atoms with Crippen LogP contribution in [-0.2, 0) is 9.47 Å². The first kappa shape index (κ1) is 21.4. The Hall–Kier alpha value is 1.10. The molecule has 15 heavy (non-hydrogen) atoms. The van der Waals surface area contributed by atoms with E-state index in [0.29, 0.717) is 12.8 Å². The van der Waals surface area contributed by atoms with E-state index in [4.69, 9.17) is 9.47 Å². The molecule has 4 nitrogen and oxygen atoms in total. The fraction of sp³-hybridized carbons (Fsp3) is 1.00. The molecule has 0 bridgehead atoms. The van der Waals surface area contributed by atoms with Crippen LogP contribution in [0.15, 0.2) is 0 Å². The molecule has 0 aromatic rings. The van der Waals surface area contributed by atoms with Crippen molar-refractivity contribution in [2.45, 2.75) is 38.9 Å². The first-order valence-corrected chi connectivity index (χ1v) is 4.84. The zero-order chi connectivity index (χ0) is 11.4. The monoisotopic (exact) mass is 246 g/mol. The molecule has 0 aromatic carbocycles. The third-order valence-corrected chi connectivity index (χ3v) is 1.85. The van der Waals surface area contributed by atoms with E-state index in [9.17, 15) is 10.2 Å². The van der Waals surface area contributed by atoms with Gasteiger partial charge in [0.2, 0.25) is 0 Å². The van der Waals surface area contributed by atoms with Crippen LogP contribution in [-0.4, -0.2) is 77.4 Å². The van der Waals surface area contributed by atoms with E-state index in [0.717, 1.165) is 0 Å². The fourth-order valence-electron chi connectivity index (χ4n) is 0.568. The van der Waals surface area contributed by atoms with Crippen LogP contribution in [0.2, 0.25) is 0 Å². The number of hydrogen-bond donors (Lipinski definition) is 0. The number of methoxy groups -OCH3 is 2. The summed E-state index contributed by atoms with van der Waals surface area (Å²) >= 11 is 0. The minimum absolute atomic E-state index is 0. The average molecular weight is 246 g/mol. The molecule has 0 heterocycles. The Morgan fingerprint density at radius 1 is 0.867 bits per heavy atom. The van der Waals surface area contributed by atoms with E-state index >= 15 is 0 Å². The third kappa shape index (κ3) is 21.0. The van der Waals surface area contributed by atoms with Crippen molar-refractivity contribution in [1.82, 2.24) is 0 Å². The zero-order valence-electron chi connectivity index (χ0n) is 10.3. The van der Waals surface area contributed by atoms with Gasteiger partial charge in [-0.05, 0) is 26.7 Å². The Bertz CT molecular complexity index is 91.4. The van der Waals surface area contributed by atoms with Gasteiger partial charge in [0.1, 0.15) is 0 Å². The van der Waals surface area contributed by atoms with Crippen molar-refractivity contribution in [3.05, 3.63) is 0 Å². The molecule has 88 valence electrons. The normalized spacial score (nSPS) is 13.2. The second kappa shape index (κ2) is 17.5. The van der Waals surface area contributed by atoms with Gasteiger partial charge >= 0.3 is 37.7 Å². The molecular formula is C10H22CaO4. The number of rotatable bonds is 6. The van der Waals surface area contributed by atoms with E-state index in [1.165, 1.54) is 0 Å². The SMILES string of the molecule is COC(C)CC[O-].COC(C)CC[O-].[Ca+2]. The maximum absolute atomic E-state index is 9.82. The van der Waals surface area contributed by atoms with Crippen LogP contribution in [0.25, 0.3) is 0 Å². The van der Waals surface area contributed by atoms with Crippen LogP contribution in [0.3, 0.4) is 0 Å². The number of ether oxygens (including phenoxy) is 2. The van der Waals surface area contributed by atoms with Crippen LogP contribution in [0, 0.1) is 0 Å². The number of hydrogen-bond acceptors (Lipinski definition) is 4. The van der Waals surface area contributed by atoms with E-state index in [1.54, 1.807) is 14.2 Å². The molecule has 2 atom stereocenters. The van der Waals surface area contributed by atoms with Gasteiger partial charge in [-0.15, -0.1) is 13.2 Å². The Labute approximate surface area is 123 Å². The molecular weight excluding hydrogens is 224 g/mol. The Morgan fingerprint density at radius 2 is 1.13 bits per heavy atom. The van der Waals surface area contributed by atoms with Gasteiger partial charge in [-0.3, -0.25) is 0 Å². The minimum Gasteiger partial charge on any atom is -0.854 e. The second-order valence-electron chi connectivity index (χ2n) is 3.08. The third-order valence-electron chi connectivity index (χ3n) is 1.85. The minimum atomic E-state index is -0.0327. The summed E-state index contributed by atoms with van der Waals surface area (Å²) in [6, 6.07) is 0. The van der Waals surface area contributed by atoms with Crippen molar-refractivity contribution >= 4 is 37.7 Å². The molecule has 0 rings (SSSR count). The van der Waals surface area contributed by atoms with Gasteiger partial charge in [0.25, 0.3) is 0 Å². The molecule has 0 amide bonds. The smallest absolute Gasteiger partial charge is 0.854 e. The first-order valence-electron chi connectivity index (χ1n) is 4.84. The predicted octanol–water partition coefficient (Wildman–Crippen LogP) is -0.837. The average Bonchev–Trinajstić information content (AvgIpc) is 2.19. The van der Waals surface area contributed by atoms with Crippen LogP contribution >= 0.6 is 0 Å². The molecule has 0 radical (unpaired) electrons. The molecule has 0 aliphatic carbocycles. The first-order chi connectivity index (χ1) is 6.62. The zero-order valence-corrected chi connectivity index (χ0v) is 12.5. The molecule has 0 aromatic heterocycles. The summed E-state index contributed by atoms with van der Waals surface area (Å²) in [5.74, 6) is 0. The predicted molar refractivity (Wildman–Crippen MR) is 57.7 cm³/mol. The summed E-state index contributed by atoms with van der Waals surface area (Å²) in [5.41, 5.74) is 0. The van der Waals surface area contributed by atoms with Gasteiger partial charge in [0.15, 0.2) is 0 Å². The Morgan fingerprint density at radius 3 is 1.20 bits per heavy atom. The van der Waals surface area contributed by atoms with E-state index in [-0.39, 0.29) is 63.2 Å². The molecule has 0 N–H and O–H groups in total. The fourth-order valence-corrected chi connectivity index (χ4v) is 0.568. The topological polar surface area (TPSA) is 64.6 Å². The van der Waals surface area contributed by atoms with Crippen molar-refractivity contribution in [3.8, 4) is 0 Å². The van der Waals surface area contributed by atoms with Gasteiger partial charge in [0.05, 0.1) is 12.2 Å². The molecule has 0 fully saturated rings. The maximum atomic E-state index is 9.82. The van der Waals surface area contributed by atoms with E-state index < -0.39 is 0 Å². The summed E-state index contributed by atoms with van der Waals surface area (Å²) in [7, 11) is 3.22. The summed E-state index contributed by atoms with van der Waals surface area (Å²) in [6.45, 7) is 3.71. The molecule has 2 unspecified atom stereocenters. The molecule has 0 spiro atoms. The van der Waals surface area contributed by atoms with Crippen LogP contribution in [0.5, 0.6) is 0 Å². The van der Waals surface area contributed by atoms with Crippen LogP contribution in [0.4, 0.5) is 0 Å². The van der Waals surface area contributed by atoms with Crippen LogP contribution < -0.4 is 10.2 Å². The second-order valence-corrected chi connectivity index (χ2v) is 3.08. The van der Waals surface area contributed by atoms with Crippen molar-refractivity contribution in [2.75, 3.05) is 27.4 Å². The van der Waals surface area contributed by atoms with Gasteiger partial charge in [-0.2, -0.15) is 0 Å². The van der Waals surface area contributed by atoms with Crippen LogP contribution in [0.1, 0.15) is 26.7 Å². The standard InChI is InChI=1S/2C5H11O2.Ca/c2*1-5(7-2)3-4-6;/h2*5H,3-4H2,1-2H3;/q2*-1;+2. The van der Waals surface area contributed by atoms with Gasteiger partial charge in [-0.1, -0.05) is 0 Å². The van der Waals surface area contributed by atoms with Gasteiger partial charge in [0, 0.05) is 14.2 Å². The Balaban J connectivity index is -0.000000180. The summed E-state index contributed by atoms with van der Waals surface area (Å²) in [4.78, 5) is 0. The van der Waals surface area contributed by atoms with Gasteiger partial charge < -0.3 is 19.7 Å². The van der Waals surface area contributed by atoms with Gasteiger partial charge in [-0.25, -0.2) is 0 Å². The van der Waals surface area contributed by atoms with E-state index in [2.05, 4.69) is 0 Å². The van der Waals surface area contributed by atoms with E-state index in [1.807, 2.05) is 13.8 Å². The van der Waals surface area contributed by atoms with Crippen molar-refractivity contribution < 1.29 is 19.7 Å². The quantitative estimate of drug-likeness (QED) is 0.573. The molecule has 0 saturated carbocycles. The molecule has 0 saturated heterocycles. The largest absolute Gasteiger partial charge is 2.00 e. The Kier molecular flexibility index (Phi) is 24.9. The molecule has 0 aliphatic heterocycles. The maximum Gasteiger partial charge on any atom is 2.00 e. The molecule has 5 heteroatoms. The summed E-state index contributed by atoms with van der Waals surface area (Å²) < 4.78 is 9.58. The molecule has 0 aliphatic rings. The summed E-state index contributed by atoms with van der Waals surface area (Å²) in [6.07, 6.45) is 1.52.